The zero-order valence-corrected chi connectivity index (χ0v) is 12.2. The van der Waals surface area contributed by atoms with Crippen LogP contribution < -0.4 is 10.0 Å². The Morgan fingerprint density at radius 2 is 2.05 bits per heavy atom. The van der Waals surface area contributed by atoms with Crippen LogP contribution in [-0.2, 0) is 16.4 Å². The number of aromatic nitrogens is 1. The van der Waals surface area contributed by atoms with E-state index in [0.29, 0.717) is 11.4 Å². The number of benzene rings is 1. The van der Waals surface area contributed by atoms with Crippen LogP contribution in [0.15, 0.2) is 47.6 Å². The maximum Gasteiger partial charge on any atom is 0.265 e. The molecule has 0 aliphatic heterocycles. The van der Waals surface area contributed by atoms with Gasteiger partial charge in [-0.2, -0.15) is 0 Å². The number of sulfonamides is 1. The highest BCUT2D eigenvalue weighted by Crippen LogP contribution is 2.22. The van der Waals surface area contributed by atoms with Crippen LogP contribution in [0.1, 0.15) is 12.5 Å². The fourth-order valence-corrected chi connectivity index (χ4v) is 3.07. The van der Waals surface area contributed by atoms with Crippen molar-refractivity contribution in [2.24, 2.45) is 0 Å². The molecule has 0 radical (unpaired) electrons. The second-order valence-electron chi connectivity index (χ2n) is 4.28. The normalized spacial score (nSPS) is 11.1. The molecule has 0 aliphatic carbocycles. The van der Waals surface area contributed by atoms with Gasteiger partial charge in [0.05, 0.1) is 5.69 Å². The summed E-state index contributed by atoms with van der Waals surface area (Å²) in [5, 5.41) is 2.85. The summed E-state index contributed by atoms with van der Waals surface area (Å²) >= 11 is 0. The van der Waals surface area contributed by atoms with E-state index in [1.165, 1.54) is 6.20 Å². The van der Waals surface area contributed by atoms with Gasteiger partial charge in [-0.25, -0.2) is 8.42 Å². The van der Waals surface area contributed by atoms with Gasteiger partial charge < -0.3 is 5.32 Å². The third kappa shape index (κ3) is 3.08. The van der Waals surface area contributed by atoms with E-state index in [1.807, 2.05) is 25.1 Å². The third-order valence-corrected chi connectivity index (χ3v) is 4.34. The maximum atomic E-state index is 12.4. The molecule has 1 heterocycles. The van der Waals surface area contributed by atoms with E-state index in [4.69, 9.17) is 0 Å². The number of nitrogens with one attached hydrogen (secondary N) is 2. The minimum absolute atomic E-state index is 0.129. The number of anilines is 2. The maximum absolute atomic E-state index is 12.4. The highest BCUT2D eigenvalue weighted by Gasteiger charge is 2.18. The summed E-state index contributed by atoms with van der Waals surface area (Å²) in [6.45, 7) is 2.02. The van der Waals surface area contributed by atoms with Crippen molar-refractivity contribution in [3.05, 3.63) is 48.3 Å². The Kier molecular flexibility index (Phi) is 4.24. The lowest BCUT2D eigenvalue weighted by atomic mass is 10.1. The molecule has 106 valence electrons. The molecule has 2 N–H and O–H groups in total. The second-order valence-corrected chi connectivity index (χ2v) is 5.93. The second kappa shape index (κ2) is 5.92. The van der Waals surface area contributed by atoms with E-state index in [1.54, 1.807) is 25.4 Å². The number of hydrogen-bond acceptors (Lipinski definition) is 4. The first kappa shape index (κ1) is 14.3. The molecule has 0 atom stereocenters. The van der Waals surface area contributed by atoms with Crippen LogP contribution in [0.5, 0.6) is 0 Å². The Balaban J connectivity index is 2.35. The number of pyridine rings is 1. The summed E-state index contributed by atoms with van der Waals surface area (Å²) in [7, 11) is -1.98. The van der Waals surface area contributed by atoms with Crippen LogP contribution in [0, 0.1) is 0 Å². The molecule has 1 aromatic carbocycles. The number of aryl methyl sites for hydroxylation is 1. The van der Waals surface area contributed by atoms with Crippen molar-refractivity contribution in [2.75, 3.05) is 17.1 Å². The lowest BCUT2D eigenvalue weighted by Crippen LogP contribution is -2.15. The zero-order chi connectivity index (χ0) is 14.6. The van der Waals surface area contributed by atoms with Crippen LogP contribution in [-0.4, -0.2) is 20.4 Å². The Morgan fingerprint density at radius 3 is 2.75 bits per heavy atom. The van der Waals surface area contributed by atoms with Crippen LogP contribution in [0.4, 0.5) is 11.4 Å². The standard InChI is InChI=1S/C14H17N3O2S/c1-3-11-5-4-6-12(9-11)17-20(18,19)14-10-16-8-7-13(14)15-2/h4-10,17H,3H2,1-2H3,(H,15,16). The first-order valence-corrected chi connectivity index (χ1v) is 7.78. The van der Waals surface area contributed by atoms with Gasteiger partial charge in [-0.05, 0) is 30.2 Å². The molecule has 6 heteroatoms. The Bertz CT molecular complexity index is 699. The lowest BCUT2D eigenvalue weighted by molar-refractivity contribution is 0.601. The molecule has 0 fully saturated rings. The fourth-order valence-electron chi connectivity index (χ4n) is 1.87. The Morgan fingerprint density at radius 1 is 1.25 bits per heavy atom. The Hall–Kier alpha value is -2.08. The predicted octanol–water partition coefficient (Wildman–Crippen LogP) is 2.49. The minimum atomic E-state index is -3.66. The molecule has 5 nitrogen and oxygen atoms in total. The summed E-state index contributed by atoms with van der Waals surface area (Å²) in [6, 6.07) is 8.97. The molecular weight excluding hydrogens is 274 g/mol. The van der Waals surface area contributed by atoms with E-state index < -0.39 is 10.0 Å². The van der Waals surface area contributed by atoms with E-state index in [-0.39, 0.29) is 4.90 Å². The average molecular weight is 291 g/mol. The smallest absolute Gasteiger partial charge is 0.265 e. The van der Waals surface area contributed by atoms with E-state index in [0.717, 1.165) is 12.0 Å². The van der Waals surface area contributed by atoms with Crippen LogP contribution in [0.3, 0.4) is 0 Å². The fraction of sp³-hybridized carbons (Fsp3) is 0.214. The number of rotatable bonds is 5. The van der Waals surface area contributed by atoms with Gasteiger partial charge in [0, 0.05) is 25.1 Å². The topological polar surface area (TPSA) is 71.1 Å². The van der Waals surface area contributed by atoms with Crippen LogP contribution in [0.2, 0.25) is 0 Å². The van der Waals surface area contributed by atoms with Gasteiger partial charge in [0.1, 0.15) is 4.90 Å². The SMILES string of the molecule is CCc1cccc(NS(=O)(=O)c2cnccc2NC)c1. The quantitative estimate of drug-likeness (QED) is 0.888. The first-order chi connectivity index (χ1) is 9.56. The number of hydrogen-bond donors (Lipinski definition) is 2. The molecule has 0 amide bonds. The lowest BCUT2D eigenvalue weighted by Gasteiger charge is -2.12. The van der Waals surface area contributed by atoms with Gasteiger partial charge in [-0.3, -0.25) is 9.71 Å². The van der Waals surface area contributed by atoms with Crippen molar-refractivity contribution in [1.29, 1.82) is 0 Å². The molecule has 0 unspecified atom stereocenters. The first-order valence-electron chi connectivity index (χ1n) is 6.30. The molecule has 0 aliphatic rings. The molecule has 2 rings (SSSR count). The largest absolute Gasteiger partial charge is 0.387 e. The Labute approximate surface area is 119 Å². The molecule has 1 aromatic heterocycles. The third-order valence-electron chi connectivity index (χ3n) is 2.93. The van der Waals surface area contributed by atoms with Crippen molar-refractivity contribution in [3.63, 3.8) is 0 Å². The van der Waals surface area contributed by atoms with Crippen molar-refractivity contribution < 1.29 is 8.42 Å². The van der Waals surface area contributed by atoms with E-state index in [9.17, 15) is 8.42 Å². The van der Waals surface area contributed by atoms with Gasteiger partial charge in [0.25, 0.3) is 10.0 Å². The van der Waals surface area contributed by atoms with E-state index in [2.05, 4.69) is 15.0 Å². The van der Waals surface area contributed by atoms with Crippen molar-refractivity contribution >= 4 is 21.4 Å². The van der Waals surface area contributed by atoms with Gasteiger partial charge >= 0.3 is 0 Å². The van der Waals surface area contributed by atoms with Crippen LogP contribution in [0.25, 0.3) is 0 Å². The summed E-state index contributed by atoms with van der Waals surface area (Å²) in [5.74, 6) is 0. The molecular formula is C14H17N3O2S. The molecule has 0 bridgehead atoms. The summed E-state index contributed by atoms with van der Waals surface area (Å²) in [5.41, 5.74) is 2.14. The molecule has 0 saturated carbocycles. The van der Waals surface area contributed by atoms with E-state index >= 15 is 0 Å². The predicted molar refractivity (Wildman–Crippen MR) is 80.4 cm³/mol. The van der Waals surface area contributed by atoms with Crippen LogP contribution >= 0.6 is 0 Å². The molecule has 0 spiro atoms. The van der Waals surface area contributed by atoms with Gasteiger partial charge in [-0.1, -0.05) is 19.1 Å². The van der Waals surface area contributed by atoms with Gasteiger partial charge in [0.2, 0.25) is 0 Å². The van der Waals surface area contributed by atoms with Crippen molar-refractivity contribution in [2.45, 2.75) is 18.2 Å². The number of nitrogens with zero attached hydrogens (tertiary/aromatic N) is 1. The molecule has 20 heavy (non-hydrogen) atoms. The zero-order valence-electron chi connectivity index (χ0n) is 11.4. The van der Waals surface area contributed by atoms with Crippen molar-refractivity contribution in [1.82, 2.24) is 4.98 Å². The highest BCUT2D eigenvalue weighted by molar-refractivity contribution is 7.92. The minimum Gasteiger partial charge on any atom is -0.387 e. The monoisotopic (exact) mass is 291 g/mol. The average Bonchev–Trinajstić information content (AvgIpc) is 2.47. The summed E-state index contributed by atoms with van der Waals surface area (Å²) < 4.78 is 27.4. The van der Waals surface area contributed by atoms with Gasteiger partial charge in [0.15, 0.2) is 0 Å². The molecule has 0 saturated heterocycles. The molecule has 2 aromatic rings. The summed E-state index contributed by atoms with van der Waals surface area (Å²) in [6.07, 6.45) is 3.73. The van der Waals surface area contributed by atoms with Gasteiger partial charge in [-0.15, -0.1) is 0 Å². The summed E-state index contributed by atoms with van der Waals surface area (Å²) in [4.78, 5) is 4.00. The highest BCUT2D eigenvalue weighted by atomic mass is 32.2. The van der Waals surface area contributed by atoms with Crippen molar-refractivity contribution in [3.8, 4) is 0 Å².